The smallest absolute Gasteiger partial charge is 0.0772 e. The fraction of sp³-hybridized carbons (Fsp3) is 0.643. The van der Waals surface area contributed by atoms with Gasteiger partial charge in [0.2, 0.25) is 0 Å². The minimum absolute atomic E-state index is 0.333. The molecule has 4 heteroatoms. The van der Waals surface area contributed by atoms with Gasteiger partial charge in [-0.1, -0.05) is 6.92 Å². The lowest BCUT2D eigenvalue weighted by Gasteiger charge is -2.37. The number of nitrogens with zero attached hydrogens (tertiary/aromatic N) is 2. The van der Waals surface area contributed by atoms with Crippen LogP contribution in [-0.4, -0.2) is 38.3 Å². The Morgan fingerprint density at radius 1 is 1.56 bits per heavy atom. The molecule has 100 valence electrons. The Kier molecular flexibility index (Phi) is 4.55. The number of hydrogen-bond acceptors (Lipinski definition) is 4. The van der Waals surface area contributed by atoms with Gasteiger partial charge in [0.15, 0.2) is 0 Å². The molecule has 1 aliphatic heterocycles. The lowest BCUT2D eigenvalue weighted by atomic mass is 9.95. The van der Waals surface area contributed by atoms with E-state index in [-0.39, 0.29) is 0 Å². The second-order valence-electron chi connectivity index (χ2n) is 5.02. The van der Waals surface area contributed by atoms with Gasteiger partial charge in [-0.2, -0.15) is 0 Å². The molecule has 1 aromatic heterocycles. The van der Waals surface area contributed by atoms with Gasteiger partial charge in [0, 0.05) is 38.6 Å². The molecule has 0 aliphatic carbocycles. The Hall–Kier alpha value is -1.13. The fourth-order valence-corrected chi connectivity index (χ4v) is 2.52. The molecule has 2 unspecified atom stereocenters. The quantitative estimate of drug-likeness (QED) is 0.880. The van der Waals surface area contributed by atoms with E-state index >= 15 is 0 Å². The summed E-state index contributed by atoms with van der Waals surface area (Å²) < 4.78 is 5.56. The van der Waals surface area contributed by atoms with Gasteiger partial charge in [0.1, 0.15) is 0 Å². The molecule has 2 rings (SSSR count). The van der Waals surface area contributed by atoms with E-state index in [2.05, 4.69) is 34.3 Å². The molecule has 0 saturated carbocycles. The fourth-order valence-electron chi connectivity index (χ4n) is 2.52. The Balaban J connectivity index is 2.09. The third-order valence-corrected chi connectivity index (χ3v) is 3.72. The van der Waals surface area contributed by atoms with Crippen LogP contribution in [0.1, 0.15) is 19.0 Å². The number of anilines is 1. The van der Waals surface area contributed by atoms with Crippen molar-refractivity contribution in [3.05, 3.63) is 24.0 Å². The van der Waals surface area contributed by atoms with Crippen LogP contribution < -0.4 is 10.2 Å². The van der Waals surface area contributed by atoms with E-state index in [1.165, 1.54) is 12.1 Å². The second-order valence-corrected chi connectivity index (χ2v) is 5.02. The summed E-state index contributed by atoms with van der Waals surface area (Å²) in [6.45, 7) is 5.15. The number of nitrogens with one attached hydrogen (secondary N) is 1. The number of aromatic nitrogens is 1. The lowest BCUT2D eigenvalue weighted by Crippen LogP contribution is -2.44. The van der Waals surface area contributed by atoms with Crippen molar-refractivity contribution in [3.8, 4) is 0 Å². The molecular formula is C14H23N3O. The number of hydrogen-bond donors (Lipinski definition) is 1. The van der Waals surface area contributed by atoms with E-state index < -0.39 is 0 Å². The summed E-state index contributed by atoms with van der Waals surface area (Å²) in [5.74, 6) is 0.643. The highest BCUT2D eigenvalue weighted by Crippen LogP contribution is 2.24. The highest BCUT2D eigenvalue weighted by Gasteiger charge is 2.26. The first kappa shape index (κ1) is 13.3. The summed E-state index contributed by atoms with van der Waals surface area (Å²) in [5, 5.41) is 3.14. The van der Waals surface area contributed by atoms with Crippen LogP contribution in [0.2, 0.25) is 0 Å². The molecule has 1 N–H and O–H groups in total. The van der Waals surface area contributed by atoms with Crippen molar-refractivity contribution in [2.45, 2.75) is 26.0 Å². The first-order valence-electron chi connectivity index (χ1n) is 6.62. The minimum atomic E-state index is 0.333. The zero-order chi connectivity index (χ0) is 13.0. The summed E-state index contributed by atoms with van der Waals surface area (Å²) in [5.41, 5.74) is 2.34. The van der Waals surface area contributed by atoms with Gasteiger partial charge in [-0.3, -0.25) is 4.98 Å². The zero-order valence-corrected chi connectivity index (χ0v) is 11.5. The van der Waals surface area contributed by atoms with Crippen molar-refractivity contribution in [2.75, 3.05) is 32.1 Å². The Morgan fingerprint density at radius 2 is 2.39 bits per heavy atom. The standard InChI is InChI=1S/C14H23N3O/c1-11-5-7-17(10-14(11)18-3)13-4-6-16-12(8-13)9-15-2/h4,6,8,11,14-15H,5,7,9-10H2,1-3H3. The van der Waals surface area contributed by atoms with Gasteiger partial charge in [0.25, 0.3) is 0 Å². The molecule has 1 saturated heterocycles. The van der Waals surface area contributed by atoms with Crippen molar-refractivity contribution < 1.29 is 4.74 Å². The van der Waals surface area contributed by atoms with Crippen LogP contribution in [0.5, 0.6) is 0 Å². The van der Waals surface area contributed by atoms with Gasteiger partial charge in [-0.05, 0) is 31.5 Å². The second kappa shape index (κ2) is 6.16. The number of pyridine rings is 1. The van der Waals surface area contributed by atoms with Crippen molar-refractivity contribution in [1.29, 1.82) is 0 Å². The zero-order valence-electron chi connectivity index (χ0n) is 11.5. The van der Waals surface area contributed by atoms with Crippen LogP contribution in [-0.2, 0) is 11.3 Å². The van der Waals surface area contributed by atoms with Crippen molar-refractivity contribution >= 4 is 5.69 Å². The van der Waals surface area contributed by atoms with Gasteiger partial charge < -0.3 is 15.0 Å². The maximum absolute atomic E-state index is 5.56. The maximum Gasteiger partial charge on any atom is 0.0772 e. The van der Waals surface area contributed by atoms with Crippen LogP contribution in [0.15, 0.2) is 18.3 Å². The Labute approximate surface area is 109 Å². The van der Waals surface area contributed by atoms with Gasteiger partial charge in [-0.25, -0.2) is 0 Å². The molecule has 0 radical (unpaired) electrons. The molecule has 0 spiro atoms. The average Bonchev–Trinajstić information content (AvgIpc) is 2.40. The SMILES string of the molecule is CNCc1cc(N2CCC(C)C(OC)C2)ccn1. The molecular weight excluding hydrogens is 226 g/mol. The molecule has 1 aliphatic rings. The molecule has 1 fully saturated rings. The average molecular weight is 249 g/mol. The molecule has 2 heterocycles. The normalized spacial score (nSPS) is 24.3. The molecule has 0 amide bonds. The van der Waals surface area contributed by atoms with E-state index in [9.17, 15) is 0 Å². The summed E-state index contributed by atoms with van der Waals surface area (Å²) in [6, 6.07) is 4.25. The van der Waals surface area contributed by atoms with Crippen LogP contribution in [0.4, 0.5) is 5.69 Å². The maximum atomic E-state index is 5.56. The number of piperidine rings is 1. The van der Waals surface area contributed by atoms with E-state index in [1.807, 2.05) is 20.4 Å². The van der Waals surface area contributed by atoms with Crippen molar-refractivity contribution in [1.82, 2.24) is 10.3 Å². The Morgan fingerprint density at radius 3 is 3.11 bits per heavy atom. The van der Waals surface area contributed by atoms with Gasteiger partial charge >= 0.3 is 0 Å². The van der Waals surface area contributed by atoms with Crippen molar-refractivity contribution in [2.24, 2.45) is 5.92 Å². The van der Waals surface area contributed by atoms with Crippen LogP contribution in [0.25, 0.3) is 0 Å². The monoisotopic (exact) mass is 249 g/mol. The van der Waals surface area contributed by atoms with Crippen LogP contribution in [0.3, 0.4) is 0 Å². The summed E-state index contributed by atoms with van der Waals surface area (Å²) >= 11 is 0. The highest BCUT2D eigenvalue weighted by atomic mass is 16.5. The third-order valence-electron chi connectivity index (χ3n) is 3.72. The van der Waals surface area contributed by atoms with E-state index in [1.54, 1.807) is 0 Å². The molecule has 4 nitrogen and oxygen atoms in total. The number of rotatable bonds is 4. The predicted molar refractivity (Wildman–Crippen MR) is 73.8 cm³/mol. The largest absolute Gasteiger partial charge is 0.379 e. The molecule has 1 aromatic rings. The van der Waals surface area contributed by atoms with Gasteiger partial charge in [0.05, 0.1) is 11.8 Å². The van der Waals surface area contributed by atoms with Crippen LogP contribution in [0, 0.1) is 5.92 Å². The molecule has 18 heavy (non-hydrogen) atoms. The minimum Gasteiger partial charge on any atom is -0.379 e. The Bertz CT molecular complexity index is 383. The first-order chi connectivity index (χ1) is 8.74. The van der Waals surface area contributed by atoms with Gasteiger partial charge in [-0.15, -0.1) is 0 Å². The number of methoxy groups -OCH3 is 1. The number of ether oxygens (including phenoxy) is 1. The van der Waals surface area contributed by atoms with Crippen molar-refractivity contribution in [3.63, 3.8) is 0 Å². The summed E-state index contributed by atoms with van der Waals surface area (Å²) in [4.78, 5) is 6.76. The lowest BCUT2D eigenvalue weighted by molar-refractivity contribution is 0.0498. The third kappa shape index (κ3) is 3.00. The molecule has 0 aromatic carbocycles. The van der Waals surface area contributed by atoms with E-state index in [0.717, 1.165) is 25.3 Å². The first-order valence-corrected chi connectivity index (χ1v) is 6.62. The summed E-state index contributed by atoms with van der Waals surface area (Å²) in [7, 11) is 3.75. The predicted octanol–water partition coefficient (Wildman–Crippen LogP) is 1.66. The van der Waals surface area contributed by atoms with E-state index in [4.69, 9.17) is 4.74 Å². The topological polar surface area (TPSA) is 37.4 Å². The van der Waals surface area contributed by atoms with E-state index in [0.29, 0.717) is 12.0 Å². The highest BCUT2D eigenvalue weighted by molar-refractivity contribution is 5.47. The molecule has 2 atom stereocenters. The van der Waals surface area contributed by atoms with Crippen LogP contribution >= 0.6 is 0 Å². The summed E-state index contributed by atoms with van der Waals surface area (Å²) in [6.07, 6.45) is 3.41. The molecule has 0 bridgehead atoms.